The molecule has 2 aromatic rings. The van der Waals surface area contributed by atoms with E-state index in [0.717, 1.165) is 6.07 Å². The van der Waals surface area contributed by atoms with Crippen molar-refractivity contribution in [3.63, 3.8) is 0 Å². The normalized spacial score (nSPS) is 11.3. The molecule has 0 unspecified atom stereocenters. The Kier molecular flexibility index (Phi) is 3.55. The van der Waals surface area contributed by atoms with Gasteiger partial charge in [-0.15, -0.1) is 6.58 Å². The highest BCUT2D eigenvalue weighted by molar-refractivity contribution is 5.54. The predicted octanol–water partition coefficient (Wildman–Crippen LogP) is 3.35. The van der Waals surface area contributed by atoms with Crippen molar-refractivity contribution in [3.8, 4) is 11.5 Å². The maximum atomic E-state index is 12.7. The van der Waals surface area contributed by atoms with Crippen LogP contribution < -0.4 is 5.32 Å². The Morgan fingerprint density at radius 3 is 2.74 bits per heavy atom. The highest BCUT2D eigenvalue weighted by Gasteiger charge is 2.34. The second-order valence-corrected chi connectivity index (χ2v) is 3.61. The van der Waals surface area contributed by atoms with Crippen LogP contribution in [0.4, 0.5) is 19.1 Å². The predicted molar refractivity (Wildman–Crippen MR) is 63.4 cm³/mol. The number of nitrogens with one attached hydrogen (secondary N) is 1. The first kappa shape index (κ1) is 13.1. The van der Waals surface area contributed by atoms with Crippen LogP contribution in [0.25, 0.3) is 11.5 Å². The van der Waals surface area contributed by atoms with Crippen LogP contribution in [0.1, 0.15) is 5.69 Å². The maximum absolute atomic E-state index is 12.7. The van der Waals surface area contributed by atoms with E-state index in [2.05, 4.69) is 21.9 Å². The molecule has 0 aliphatic rings. The number of nitrogens with zero attached hydrogens (tertiary/aromatic N) is 2. The van der Waals surface area contributed by atoms with Crippen LogP contribution in [0.5, 0.6) is 0 Å². The molecule has 0 aliphatic carbocycles. The minimum absolute atomic E-state index is 0.0684. The molecule has 4 nitrogen and oxygen atoms in total. The van der Waals surface area contributed by atoms with Crippen LogP contribution in [-0.2, 0) is 6.18 Å². The van der Waals surface area contributed by atoms with Crippen molar-refractivity contribution in [1.82, 2.24) is 9.97 Å². The average molecular weight is 269 g/mol. The number of hydrogen-bond acceptors (Lipinski definition) is 4. The Labute approximate surface area is 107 Å². The van der Waals surface area contributed by atoms with Gasteiger partial charge >= 0.3 is 6.18 Å². The molecule has 0 spiro atoms. The lowest BCUT2D eigenvalue weighted by molar-refractivity contribution is -0.141. The summed E-state index contributed by atoms with van der Waals surface area (Å²) in [5.41, 5.74) is -0.959. The third kappa shape index (κ3) is 3.12. The van der Waals surface area contributed by atoms with E-state index >= 15 is 0 Å². The van der Waals surface area contributed by atoms with Gasteiger partial charge in [0, 0.05) is 6.54 Å². The minimum atomic E-state index is -4.55. The molecule has 7 heteroatoms. The molecule has 2 aromatic heterocycles. The van der Waals surface area contributed by atoms with Crippen molar-refractivity contribution in [3.05, 3.63) is 42.8 Å². The zero-order chi connectivity index (χ0) is 13.9. The first-order valence-corrected chi connectivity index (χ1v) is 5.35. The van der Waals surface area contributed by atoms with Crippen LogP contribution in [0.15, 0.2) is 41.5 Å². The SMILES string of the molecule is C=CCNc1nc(-c2ccco2)cc(C(F)(F)F)n1. The van der Waals surface area contributed by atoms with Crippen LogP contribution in [0, 0.1) is 0 Å². The molecule has 0 amide bonds. The molecule has 0 bridgehead atoms. The lowest BCUT2D eigenvalue weighted by atomic mass is 10.2. The highest BCUT2D eigenvalue weighted by atomic mass is 19.4. The number of furan rings is 1. The molecule has 0 saturated carbocycles. The summed E-state index contributed by atoms with van der Waals surface area (Å²) >= 11 is 0. The van der Waals surface area contributed by atoms with Crippen molar-refractivity contribution in [2.45, 2.75) is 6.18 Å². The van der Waals surface area contributed by atoms with E-state index in [1.165, 1.54) is 18.4 Å². The van der Waals surface area contributed by atoms with Crippen LogP contribution >= 0.6 is 0 Å². The Morgan fingerprint density at radius 2 is 2.16 bits per heavy atom. The third-order valence-electron chi connectivity index (χ3n) is 2.19. The Balaban J connectivity index is 2.45. The number of rotatable bonds is 4. The monoisotopic (exact) mass is 269 g/mol. The standard InChI is InChI=1S/C12H10F3N3O/c1-2-5-16-11-17-8(9-4-3-6-19-9)7-10(18-11)12(13,14)15/h2-4,6-7H,1,5H2,(H,16,17,18). The summed E-state index contributed by atoms with van der Waals surface area (Å²) in [5.74, 6) is 0.121. The summed E-state index contributed by atoms with van der Waals surface area (Å²) < 4.78 is 43.3. The van der Waals surface area contributed by atoms with Crippen LogP contribution in [0.2, 0.25) is 0 Å². The first-order valence-electron chi connectivity index (χ1n) is 5.35. The molecule has 0 aromatic carbocycles. The summed E-state index contributed by atoms with van der Waals surface area (Å²) in [6.07, 6.45) is -1.69. The summed E-state index contributed by atoms with van der Waals surface area (Å²) in [6.45, 7) is 3.72. The second-order valence-electron chi connectivity index (χ2n) is 3.61. The van der Waals surface area contributed by atoms with Gasteiger partial charge in [0.1, 0.15) is 5.69 Å². The molecule has 0 atom stereocenters. The average Bonchev–Trinajstić information content (AvgIpc) is 2.89. The minimum Gasteiger partial charge on any atom is -0.463 e. The lowest BCUT2D eigenvalue weighted by Crippen LogP contribution is -2.12. The van der Waals surface area contributed by atoms with Gasteiger partial charge < -0.3 is 9.73 Å². The van der Waals surface area contributed by atoms with E-state index in [0.29, 0.717) is 0 Å². The number of hydrogen-bond donors (Lipinski definition) is 1. The third-order valence-corrected chi connectivity index (χ3v) is 2.19. The fourth-order valence-corrected chi connectivity index (χ4v) is 1.39. The molecular formula is C12H10F3N3O. The quantitative estimate of drug-likeness (QED) is 0.865. The van der Waals surface area contributed by atoms with Crippen molar-refractivity contribution in [1.29, 1.82) is 0 Å². The maximum Gasteiger partial charge on any atom is 0.433 e. The summed E-state index contributed by atoms with van der Waals surface area (Å²) in [5, 5.41) is 2.63. The molecule has 2 rings (SSSR count). The summed E-state index contributed by atoms with van der Waals surface area (Å²) in [7, 11) is 0. The molecule has 0 radical (unpaired) electrons. The largest absolute Gasteiger partial charge is 0.463 e. The molecule has 19 heavy (non-hydrogen) atoms. The van der Waals surface area contributed by atoms with Gasteiger partial charge in [0.25, 0.3) is 0 Å². The van der Waals surface area contributed by atoms with E-state index in [1.54, 1.807) is 6.07 Å². The number of alkyl halides is 3. The van der Waals surface area contributed by atoms with Crippen molar-refractivity contribution >= 4 is 5.95 Å². The van der Waals surface area contributed by atoms with E-state index in [9.17, 15) is 13.2 Å². The van der Waals surface area contributed by atoms with Gasteiger partial charge in [-0.25, -0.2) is 9.97 Å². The van der Waals surface area contributed by atoms with E-state index < -0.39 is 11.9 Å². The molecule has 1 N–H and O–H groups in total. The second kappa shape index (κ2) is 5.13. The van der Waals surface area contributed by atoms with Gasteiger partial charge in [0.2, 0.25) is 5.95 Å². The van der Waals surface area contributed by atoms with Gasteiger partial charge in [-0.3, -0.25) is 0 Å². The fraction of sp³-hybridized carbons (Fsp3) is 0.167. The molecule has 2 heterocycles. The van der Waals surface area contributed by atoms with Crippen molar-refractivity contribution < 1.29 is 17.6 Å². The van der Waals surface area contributed by atoms with Gasteiger partial charge in [-0.05, 0) is 18.2 Å². The van der Waals surface area contributed by atoms with Crippen LogP contribution in [-0.4, -0.2) is 16.5 Å². The fourth-order valence-electron chi connectivity index (χ4n) is 1.39. The zero-order valence-corrected chi connectivity index (χ0v) is 9.74. The highest BCUT2D eigenvalue weighted by Crippen LogP contribution is 2.31. The smallest absolute Gasteiger partial charge is 0.433 e. The van der Waals surface area contributed by atoms with Crippen LogP contribution in [0.3, 0.4) is 0 Å². The summed E-state index contributed by atoms with van der Waals surface area (Å²) in [6, 6.07) is 3.94. The van der Waals surface area contributed by atoms with E-state index in [-0.39, 0.29) is 23.9 Å². The number of anilines is 1. The van der Waals surface area contributed by atoms with Gasteiger partial charge in [-0.1, -0.05) is 6.08 Å². The molecular weight excluding hydrogens is 259 g/mol. The number of aromatic nitrogens is 2. The van der Waals surface area contributed by atoms with Gasteiger partial charge in [0.05, 0.1) is 6.26 Å². The van der Waals surface area contributed by atoms with E-state index in [4.69, 9.17) is 4.42 Å². The first-order chi connectivity index (χ1) is 9.00. The summed E-state index contributed by atoms with van der Waals surface area (Å²) in [4.78, 5) is 7.38. The topological polar surface area (TPSA) is 51.0 Å². The Bertz CT molecular complexity index is 564. The van der Waals surface area contributed by atoms with Crippen molar-refractivity contribution in [2.24, 2.45) is 0 Å². The zero-order valence-electron chi connectivity index (χ0n) is 9.74. The Morgan fingerprint density at radius 1 is 1.37 bits per heavy atom. The van der Waals surface area contributed by atoms with Gasteiger partial charge in [-0.2, -0.15) is 13.2 Å². The molecule has 0 saturated heterocycles. The van der Waals surface area contributed by atoms with Gasteiger partial charge in [0.15, 0.2) is 11.5 Å². The van der Waals surface area contributed by atoms with Crippen molar-refractivity contribution in [2.75, 3.05) is 11.9 Å². The number of halogens is 3. The lowest BCUT2D eigenvalue weighted by Gasteiger charge is -2.09. The van der Waals surface area contributed by atoms with E-state index in [1.807, 2.05) is 0 Å². The molecule has 0 aliphatic heterocycles. The molecule has 100 valence electrons. The Hall–Kier alpha value is -2.31. The molecule has 0 fully saturated rings.